The molecule has 0 aliphatic heterocycles. The highest BCUT2D eigenvalue weighted by Gasteiger charge is 2.33. The average Bonchev–Trinajstić information content (AvgIpc) is 2.80. The Balaban J connectivity index is 1.49. The van der Waals surface area contributed by atoms with Gasteiger partial charge in [-0.1, -0.05) is 6.07 Å². The Morgan fingerprint density at radius 2 is 1.81 bits per heavy atom. The summed E-state index contributed by atoms with van der Waals surface area (Å²) in [5.41, 5.74) is 0.342. The maximum Gasteiger partial charge on any atom is 0.352 e. The van der Waals surface area contributed by atoms with Crippen molar-refractivity contribution in [3.8, 4) is 11.6 Å². The third kappa shape index (κ3) is 5.34. The number of benzene rings is 1. The van der Waals surface area contributed by atoms with Crippen LogP contribution in [0.4, 0.5) is 5.69 Å². The number of rotatable bonds is 7. The standard InChI is InChI=1S/C22H22N4O3S2/c1-30-17-11-7-16(8-12-17)29-22-21(26(27)28)20(24-14-25-22)15-5-9-18(10-6-15)31-19-4-2-3-13-23-19/h2-4,7-8,11-15,18H,5-6,9-10H2,1H3. The van der Waals surface area contributed by atoms with Gasteiger partial charge in [-0.3, -0.25) is 10.1 Å². The van der Waals surface area contributed by atoms with E-state index >= 15 is 0 Å². The summed E-state index contributed by atoms with van der Waals surface area (Å²) in [5, 5.41) is 13.4. The molecule has 1 aliphatic rings. The second-order valence-electron chi connectivity index (χ2n) is 7.21. The summed E-state index contributed by atoms with van der Waals surface area (Å²) in [4.78, 5) is 25.3. The lowest BCUT2D eigenvalue weighted by molar-refractivity contribution is -0.387. The summed E-state index contributed by atoms with van der Waals surface area (Å²) in [5.74, 6) is 0.531. The molecule has 9 heteroatoms. The molecule has 0 saturated heterocycles. The van der Waals surface area contributed by atoms with E-state index in [1.54, 1.807) is 41.9 Å². The fraction of sp³-hybridized carbons (Fsp3) is 0.318. The fourth-order valence-corrected chi connectivity index (χ4v) is 5.25. The summed E-state index contributed by atoms with van der Waals surface area (Å²) in [6.45, 7) is 0. The molecule has 1 aliphatic carbocycles. The molecule has 160 valence electrons. The van der Waals surface area contributed by atoms with E-state index in [4.69, 9.17) is 4.74 Å². The molecule has 1 fully saturated rings. The fourth-order valence-electron chi connectivity index (χ4n) is 3.72. The van der Waals surface area contributed by atoms with Crippen LogP contribution in [0.1, 0.15) is 37.3 Å². The number of aromatic nitrogens is 3. The van der Waals surface area contributed by atoms with Gasteiger partial charge in [0, 0.05) is 22.3 Å². The largest absolute Gasteiger partial charge is 0.434 e. The molecule has 2 heterocycles. The van der Waals surface area contributed by atoms with Crippen LogP contribution in [0.15, 0.2) is 64.9 Å². The molecule has 4 rings (SSSR count). The zero-order valence-corrected chi connectivity index (χ0v) is 18.6. The number of nitrogens with zero attached hydrogens (tertiary/aromatic N) is 4. The third-order valence-electron chi connectivity index (χ3n) is 5.26. The van der Waals surface area contributed by atoms with Crippen molar-refractivity contribution in [1.82, 2.24) is 15.0 Å². The molecule has 3 aromatic rings. The minimum Gasteiger partial charge on any atom is -0.434 e. The average molecular weight is 455 g/mol. The number of thioether (sulfide) groups is 2. The van der Waals surface area contributed by atoms with Gasteiger partial charge in [-0.05, 0) is 68.3 Å². The van der Waals surface area contributed by atoms with Crippen molar-refractivity contribution in [2.45, 2.75) is 46.8 Å². The lowest BCUT2D eigenvalue weighted by Gasteiger charge is -2.27. The van der Waals surface area contributed by atoms with Gasteiger partial charge in [-0.2, -0.15) is 4.98 Å². The van der Waals surface area contributed by atoms with E-state index in [1.165, 1.54) is 6.33 Å². The highest BCUT2D eigenvalue weighted by Crippen LogP contribution is 2.43. The van der Waals surface area contributed by atoms with Crippen molar-refractivity contribution in [3.63, 3.8) is 0 Å². The summed E-state index contributed by atoms with van der Waals surface area (Å²) in [6.07, 6.45) is 8.74. The minimum atomic E-state index is -0.421. The van der Waals surface area contributed by atoms with E-state index in [0.29, 0.717) is 16.7 Å². The minimum absolute atomic E-state index is 0.00288. The lowest BCUT2D eigenvalue weighted by Crippen LogP contribution is -2.17. The van der Waals surface area contributed by atoms with Gasteiger partial charge in [0.25, 0.3) is 0 Å². The quantitative estimate of drug-likeness (QED) is 0.240. The molecule has 0 amide bonds. The van der Waals surface area contributed by atoms with Crippen molar-refractivity contribution in [1.29, 1.82) is 0 Å². The molecule has 1 aromatic carbocycles. The van der Waals surface area contributed by atoms with Crippen molar-refractivity contribution in [2.24, 2.45) is 0 Å². The Morgan fingerprint density at radius 3 is 2.45 bits per heavy atom. The van der Waals surface area contributed by atoms with E-state index < -0.39 is 4.92 Å². The van der Waals surface area contributed by atoms with Gasteiger partial charge < -0.3 is 4.74 Å². The monoisotopic (exact) mass is 454 g/mol. The molecule has 0 spiro atoms. The predicted octanol–water partition coefficient (Wildman–Crippen LogP) is 6.11. The van der Waals surface area contributed by atoms with Crippen LogP contribution < -0.4 is 4.74 Å². The highest BCUT2D eigenvalue weighted by molar-refractivity contribution is 7.99. The van der Waals surface area contributed by atoms with E-state index in [0.717, 1.165) is 35.6 Å². The Hall–Kier alpha value is -2.65. The molecular weight excluding hydrogens is 432 g/mol. The molecule has 0 unspecified atom stereocenters. The normalized spacial score (nSPS) is 18.5. The van der Waals surface area contributed by atoms with Crippen LogP contribution in [-0.2, 0) is 0 Å². The smallest absolute Gasteiger partial charge is 0.352 e. The maximum absolute atomic E-state index is 11.9. The molecule has 31 heavy (non-hydrogen) atoms. The molecule has 2 aromatic heterocycles. The SMILES string of the molecule is CSc1ccc(Oc2ncnc(C3CCC(Sc4ccccn4)CC3)c2[N+](=O)[O-])cc1. The summed E-state index contributed by atoms with van der Waals surface area (Å²) < 4.78 is 5.79. The van der Waals surface area contributed by atoms with Crippen molar-refractivity contribution >= 4 is 29.2 Å². The number of hydrogen-bond acceptors (Lipinski definition) is 8. The zero-order chi connectivity index (χ0) is 21.6. The highest BCUT2D eigenvalue weighted by atomic mass is 32.2. The van der Waals surface area contributed by atoms with E-state index in [-0.39, 0.29) is 17.5 Å². The molecule has 0 atom stereocenters. The Morgan fingerprint density at radius 1 is 1.03 bits per heavy atom. The summed E-state index contributed by atoms with van der Waals surface area (Å²) >= 11 is 3.39. The number of ether oxygens (including phenoxy) is 1. The van der Waals surface area contributed by atoms with Gasteiger partial charge in [0.05, 0.1) is 9.95 Å². The van der Waals surface area contributed by atoms with E-state index in [2.05, 4.69) is 15.0 Å². The van der Waals surface area contributed by atoms with Crippen LogP contribution in [-0.4, -0.2) is 31.4 Å². The third-order valence-corrected chi connectivity index (χ3v) is 7.29. The van der Waals surface area contributed by atoms with Gasteiger partial charge in [0.1, 0.15) is 17.8 Å². The summed E-state index contributed by atoms with van der Waals surface area (Å²) in [6, 6.07) is 13.3. The predicted molar refractivity (Wildman–Crippen MR) is 122 cm³/mol. The van der Waals surface area contributed by atoms with Gasteiger partial charge in [-0.15, -0.1) is 23.5 Å². The maximum atomic E-state index is 11.9. The molecule has 7 nitrogen and oxygen atoms in total. The van der Waals surface area contributed by atoms with Crippen molar-refractivity contribution in [3.05, 3.63) is 70.8 Å². The van der Waals surface area contributed by atoms with Crippen molar-refractivity contribution < 1.29 is 9.66 Å². The lowest BCUT2D eigenvalue weighted by atomic mass is 9.86. The van der Waals surface area contributed by atoms with Crippen LogP contribution in [0.5, 0.6) is 11.6 Å². The number of hydrogen-bond donors (Lipinski definition) is 0. The van der Waals surface area contributed by atoms with Crippen LogP contribution in [0, 0.1) is 10.1 Å². The first-order valence-corrected chi connectivity index (χ1v) is 12.1. The Labute approximate surface area is 189 Å². The zero-order valence-electron chi connectivity index (χ0n) is 17.0. The van der Waals surface area contributed by atoms with Gasteiger partial charge in [-0.25, -0.2) is 9.97 Å². The first-order valence-electron chi connectivity index (χ1n) is 10.0. The molecule has 0 bridgehead atoms. The Bertz CT molecular complexity index is 1030. The number of nitro groups is 1. The first-order chi connectivity index (χ1) is 15.1. The second-order valence-corrected chi connectivity index (χ2v) is 9.41. The first kappa shape index (κ1) is 21.6. The van der Waals surface area contributed by atoms with Crippen LogP contribution in [0.3, 0.4) is 0 Å². The van der Waals surface area contributed by atoms with Gasteiger partial charge in [0.2, 0.25) is 0 Å². The molecule has 0 radical (unpaired) electrons. The van der Waals surface area contributed by atoms with Gasteiger partial charge >= 0.3 is 11.6 Å². The van der Waals surface area contributed by atoms with Crippen LogP contribution >= 0.6 is 23.5 Å². The van der Waals surface area contributed by atoms with Crippen LogP contribution in [0.25, 0.3) is 0 Å². The topological polar surface area (TPSA) is 91.0 Å². The molecular formula is C22H22N4O3S2. The molecule has 0 N–H and O–H groups in total. The van der Waals surface area contributed by atoms with E-state index in [9.17, 15) is 10.1 Å². The summed E-state index contributed by atoms with van der Waals surface area (Å²) in [7, 11) is 0. The second kappa shape index (κ2) is 10.1. The van der Waals surface area contributed by atoms with Crippen LogP contribution in [0.2, 0.25) is 0 Å². The van der Waals surface area contributed by atoms with Gasteiger partial charge in [0.15, 0.2) is 0 Å². The number of pyridine rings is 1. The van der Waals surface area contributed by atoms with E-state index in [1.807, 2.05) is 36.6 Å². The molecule has 1 saturated carbocycles. The van der Waals surface area contributed by atoms with Crippen molar-refractivity contribution in [2.75, 3.05) is 6.26 Å². The Kier molecular flexibility index (Phi) is 7.03.